The number of hydrogen-bond donors (Lipinski definition) is 1. The molecule has 0 aliphatic carbocycles. The molecule has 0 bridgehead atoms. The highest BCUT2D eigenvalue weighted by atomic mass is 19.1. The second-order valence-corrected chi connectivity index (χ2v) is 4.66. The number of aromatic nitrogens is 2. The van der Waals surface area contributed by atoms with E-state index in [0.29, 0.717) is 5.88 Å². The standard InChI is InChI=1S/C15H18FN3O/c1-4-17-14-13(10(2)3)15(19-9-18-14)20-12-8-6-5-7-11(12)16/h5-10H,4H2,1-3H3,(H,17,18,19). The van der Waals surface area contributed by atoms with Crippen LogP contribution in [0.3, 0.4) is 0 Å². The van der Waals surface area contributed by atoms with Gasteiger partial charge in [-0.1, -0.05) is 26.0 Å². The highest BCUT2D eigenvalue weighted by Crippen LogP contribution is 2.33. The summed E-state index contributed by atoms with van der Waals surface area (Å²) in [4.78, 5) is 8.36. The van der Waals surface area contributed by atoms with Crippen LogP contribution in [0.5, 0.6) is 11.6 Å². The Labute approximate surface area is 118 Å². The van der Waals surface area contributed by atoms with Crippen molar-refractivity contribution >= 4 is 5.82 Å². The third-order valence-electron chi connectivity index (χ3n) is 2.81. The summed E-state index contributed by atoms with van der Waals surface area (Å²) in [7, 11) is 0. The van der Waals surface area contributed by atoms with Crippen LogP contribution in [0.1, 0.15) is 32.3 Å². The Hall–Kier alpha value is -2.17. The van der Waals surface area contributed by atoms with Gasteiger partial charge >= 0.3 is 0 Å². The average Bonchev–Trinajstić information content (AvgIpc) is 2.41. The number of nitrogens with one attached hydrogen (secondary N) is 1. The van der Waals surface area contributed by atoms with E-state index in [-0.39, 0.29) is 11.7 Å². The maximum Gasteiger partial charge on any atom is 0.228 e. The van der Waals surface area contributed by atoms with Gasteiger partial charge in [-0.15, -0.1) is 0 Å². The van der Waals surface area contributed by atoms with Crippen molar-refractivity contribution in [1.82, 2.24) is 9.97 Å². The molecule has 2 rings (SSSR count). The minimum atomic E-state index is -0.411. The molecule has 1 aromatic carbocycles. The SMILES string of the molecule is CCNc1ncnc(Oc2ccccc2F)c1C(C)C. The summed E-state index contributed by atoms with van der Waals surface area (Å²) in [6.07, 6.45) is 1.42. The van der Waals surface area contributed by atoms with Crippen LogP contribution >= 0.6 is 0 Å². The van der Waals surface area contributed by atoms with Crippen molar-refractivity contribution in [2.24, 2.45) is 0 Å². The van der Waals surface area contributed by atoms with Crippen LogP contribution in [0, 0.1) is 5.82 Å². The van der Waals surface area contributed by atoms with E-state index in [9.17, 15) is 4.39 Å². The van der Waals surface area contributed by atoms with Gasteiger partial charge in [-0.25, -0.2) is 14.4 Å². The highest BCUT2D eigenvalue weighted by Gasteiger charge is 2.17. The van der Waals surface area contributed by atoms with Gasteiger partial charge in [-0.3, -0.25) is 0 Å². The van der Waals surface area contributed by atoms with E-state index >= 15 is 0 Å². The molecule has 2 aromatic rings. The maximum absolute atomic E-state index is 13.7. The van der Waals surface area contributed by atoms with Gasteiger partial charge in [0.05, 0.1) is 5.56 Å². The molecule has 1 heterocycles. The van der Waals surface area contributed by atoms with Crippen LogP contribution in [0.4, 0.5) is 10.2 Å². The minimum Gasteiger partial charge on any atom is -0.435 e. The lowest BCUT2D eigenvalue weighted by Gasteiger charge is -2.16. The number of anilines is 1. The highest BCUT2D eigenvalue weighted by molar-refractivity contribution is 5.51. The van der Waals surface area contributed by atoms with E-state index in [1.165, 1.54) is 12.4 Å². The van der Waals surface area contributed by atoms with Gasteiger partial charge in [-0.2, -0.15) is 0 Å². The van der Waals surface area contributed by atoms with Crippen LogP contribution in [-0.2, 0) is 0 Å². The van der Waals surface area contributed by atoms with E-state index in [4.69, 9.17) is 4.74 Å². The quantitative estimate of drug-likeness (QED) is 0.897. The van der Waals surface area contributed by atoms with Crippen LogP contribution < -0.4 is 10.1 Å². The van der Waals surface area contributed by atoms with Crippen LogP contribution in [0.25, 0.3) is 0 Å². The zero-order chi connectivity index (χ0) is 14.5. The predicted molar refractivity (Wildman–Crippen MR) is 76.8 cm³/mol. The second-order valence-electron chi connectivity index (χ2n) is 4.66. The summed E-state index contributed by atoms with van der Waals surface area (Å²) >= 11 is 0. The molecule has 0 spiro atoms. The first-order valence-corrected chi connectivity index (χ1v) is 6.64. The Bertz CT molecular complexity index is 587. The number of hydrogen-bond acceptors (Lipinski definition) is 4. The van der Waals surface area contributed by atoms with Gasteiger partial charge in [-0.05, 0) is 25.0 Å². The molecule has 0 fully saturated rings. The van der Waals surface area contributed by atoms with Gasteiger partial charge in [0.15, 0.2) is 11.6 Å². The van der Waals surface area contributed by atoms with Crippen LogP contribution in [0.2, 0.25) is 0 Å². The van der Waals surface area contributed by atoms with Gasteiger partial charge in [0.1, 0.15) is 12.1 Å². The van der Waals surface area contributed by atoms with Gasteiger partial charge in [0, 0.05) is 6.54 Å². The van der Waals surface area contributed by atoms with Crippen molar-refractivity contribution in [3.8, 4) is 11.6 Å². The first kappa shape index (κ1) is 14.2. The lowest BCUT2D eigenvalue weighted by Crippen LogP contribution is -2.07. The molecule has 0 saturated heterocycles. The summed E-state index contributed by atoms with van der Waals surface area (Å²) < 4.78 is 19.3. The molecule has 0 radical (unpaired) electrons. The Morgan fingerprint density at radius 1 is 1.25 bits per heavy atom. The average molecular weight is 275 g/mol. The number of halogens is 1. The topological polar surface area (TPSA) is 47.0 Å². The largest absolute Gasteiger partial charge is 0.435 e. The number of para-hydroxylation sites is 1. The molecule has 0 saturated carbocycles. The second kappa shape index (κ2) is 6.32. The fourth-order valence-corrected chi connectivity index (χ4v) is 1.92. The Morgan fingerprint density at radius 2 is 2.00 bits per heavy atom. The molecule has 0 amide bonds. The van der Waals surface area contributed by atoms with Crippen molar-refractivity contribution in [3.05, 3.63) is 42.0 Å². The van der Waals surface area contributed by atoms with Crippen molar-refractivity contribution in [2.45, 2.75) is 26.7 Å². The van der Waals surface area contributed by atoms with E-state index in [0.717, 1.165) is 17.9 Å². The first-order valence-electron chi connectivity index (χ1n) is 6.64. The summed E-state index contributed by atoms with van der Waals surface area (Å²) in [5, 5.41) is 3.17. The Morgan fingerprint density at radius 3 is 2.65 bits per heavy atom. The molecule has 106 valence electrons. The Kier molecular flexibility index (Phi) is 4.50. The third-order valence-corrected chi connectivity index (χ3v) is 2.81. The molecule has 20 heavy (non-hydrogen) atoms. The molecule has 5 heteroatoms. The Balaban J connectivity index is 2.41. The molecule has 1 aromatic heterocycles. The lowest BCUT2D eigenvalue weighted by atomic mass is 10.1. The van der Waals surface area contributed by atoms with Crippen LogP contribution in [-0.4, -0.2) is 16.5 Å². The molecule has 0 unspecified atom stereocenters. The number of nitrogens with zero attached hydrogens (tertiary/aromatic N) is 2. The molecular formula is C15H18FN3O. The summed E-state index contributed by atoms with van der Waals surface area (Å²) in [5.74, 6) is 1.02. The maximum atomic E-state index is 13.7. The normalized spacial score (nSPS) is 10.7. The van der Waals surface area contributed by atoms with Gasteiger partial charge in [0.25, 0.3) is 0 Å². The van der Waals surface area contributed by atoms with E-state index < -0.39 is 5.82 Å². The third kappa shape index (κ3) is 3.04. The van der Waals surface area contributed by atoms with Gasteiger partial charge < -0.3 is 10.1 Å². The van der Waals surface area contributed by atoms with E-state index in [2.05, 4.69) is 15.3 Å². The smallest absolute Gasteiger partial charge is 0.228 e. The zero-order valence-electron chi connectivity index (χ0n) is 11.9. The first-order chi connectivity index (χ1) is 9.63. The summed E-state index contributed by atoms with van der Waals surface area (Å²) in [6.45, 7) is 6.78. The van der Waals surface area contributed by atoms with Crippen molar-refractivity contribution < 1.29 is 9.13 Å². The van der Waals surface area contributed by atoms with Gasteiger partial charge in [0.2, 0.25) is 5.88 Å². The molecule has 0 atom stereocenters. The zero-order valence-corrected chi connectivity index (χ0v) is 11.9. The van der Waals surface area contributed by atoms with Crippen molar-refractivity contribution in [3.63, 3.8) is 0 Å². The molecular weight excluding hydrogens is 257 g/mol. The molecule has 0 aliphatic heterocycles. The minimum absolute atomic E-state index is 0.159. The van der Waals surface area contributed by atoms with Crippen LogP contribution in [0.15, 0.2) is 30.6 Å². The number of ether oxygens (including phenoxy) is 1. The molecule has 0 aliphatic rings. The number of benzene rings is 1. The van der Waals surface area contributed by atoms with E-state index in [1.807, 2.05) is 20.8 Å². The lowest BCUT2D eigenvalue weighted by molar-refractivity contribution is 0.419. The number of rotatable bonds is 5. The molecule has 4 nitrogen and oxygen atoms in total. The fourth-order valence-electron chi connectivity index (χ4n) is 1.92. The predicted octanol–water partition coefficient (Wildman–Crippen LogP) is 3.96. The fraction of sp³-hybridized carbons (Fsp3) is 0.333. The monoisotopic (exact) mass is 275 g/mol. The van der Waals surface area contributed by atoms with E-state index in [1.54, 1.807) is 18.2 Å². The molecule has 1 N–H and O–H groups in total. The van der Waals surface area contributed by atoms with Crippen molar-refractivity contribution in [1.29, 1.82) is 0 Å². The summed E-state index contributed by atoms with van der Waals surface area (Å²) in [5.41, 5.74) is 0.845. The van der Waals surface area contributed by atoms with Crippen molar-refractivity contribution in [2.75, 3.05) is 11.9 Å². The summed E-state index contributed by atoms with van der Waals surface area (Å²) in [6, 6.07) is 6.28.